The van der Waals surface area contributed by atoms with Crippen LogP contribution in [0.25, 0.3) is 0 Å². The van der Waals surface area contributed by atoms with E-state index in [4.69, 9.17) is 18.9 Å². The third-order valence-corrected chi connectivity index (χ3v) is 4.30. The monoisotopic (exact) mass is 380 g/mol. The molecule has 0 radical (unpaired) electrons. The fraction of sp³-hybridized carbons (Fsp3) is 0.217. The molecule has 3 aromatic carbocycles. The molecule has 0 aliphatic rings. The molecule has 0 atom stereocenters. The van der Waals surface area contributed by atoms with Crippen LogP contribution in [0.2, 0.25) is 0 Å². The number of hydrogen-bond acceptors (Lipinski definition) is 5. The molecule has 5 heteroatoms. The molecule has 0 heterocycles. The van der Waals surface area contributed by atoms with E-state index in [9.17, 15) is 5.11 Å². The van der Waals surface area contributed by atoms with E-state index < -0.39 is 0 Å². The highest BCUT2D eigenvalue weighted by Gasteiger charge is 2.08. The van der Waals surface area contributed by atoms with Gasteiger partial charge in [-0.1, -0.05) is 30.3 Å². The number of hydrogen-bond donors (Lipinski definition) is 1. The minimum absolute atomic E-state index is 0.0579. The van der Waals surface area contributed by atoms with Crippen molar-refractivity contribution in [3.05, 3.63) is 83.4 Å². The lowest BCUT2D eigenvalue weighted by Crippen LogP contribution is -2.01. The van der Waals surface area contributed by atoms with Crippen LogP contribution in [-0.2, 0) is 19.8 Å². The van der Waals surface area contributed by atoms with Crippen molar-refractivity contribution in [1.29, 1.82) is 0 Å². The summed E-state index contributed by atoms with van der Waals surface area (Å²) in [5.74, 6) is 2.83. The van der Waals surface area contributed by atoms with E-state index in [-0.39, 0.29) is 6.61 Å². The molecule has 0 spiro atoms. The second-order valence-electron chi connectivity index (χ2n) is 6.21. The fourth-order valence-corrected chi connectivity index (χ4v) is 2.65. The predicted molar refractivity (Wildman–Crippen MR) is 107 cm³/mol. The Morgan fingerprint density at radius 2 is 1.07 bits per heavy atom. The van der Waals surface area contributed by atoms with Gasteiger partial charge in [-0.2, -0.15) is 0 Å². The van der Waals surface area contributed by atoms with Gasteiger partial charge in [0.15, 0.2) is 11.5 Å². The second-order valence-corrected chi connectivity index (χ2v) is 6.21. The summed E-state index contributed by atoms with van der Waals surface area (Å²) in [7, 11) is 3.28. The van der Waals surface area contributed by atoms with Crippen molar-refractivity contribution in [3.63, 3.8) is 0 Å². The van der Waals surface area contributed by atoms with Gasteiger partial charge in [0.2, 0.25) is 0 Å². The third-order valence-electron chi connectivity index (χ3n) is 4.30. The Hall–Kier alpha value is -3.18. The number of benzene rings is 3. The molecule has 0 fully saturated rings. The summed E-state index contributed by atoms with van der Waals surface area (Å²) < 4.78 is 22.3. The molecule has 146 valence electrons. The average molecular weight is 380 g/mol. The molecular formula is C23H24O5. The summed E-state index contributed by atoms with van der Waals surface area (Å²) in [6.07, 6.45) is 0. The lowest BCUT2D eigenvalue weighted by atomic mass is 10.2. The number of aliphatic hydroxyl groups is 1. The highest BCUT2D eigenvalue weighted by atomic mass is 16.5. The molecule has 1 N–H and O–H groups in total. The van der Waals surface area contributed by atoms with Gasteiger partial charge in [-0.15, -0.1) is 0 Å². The van der Waals surface area contributed by atoms with Gasteiger partial charge in [0.25, 0.3) is 0 Å². The highest BCUT2D eigenvalue weighted by molar-refractivity contribution is 5.43. The van der Waals surface area contributed by atoms with Crippen LogP contribution in [0, 0.1) is 0 Å². The molecule has 0 saturated heterocycles. The zero-order chi connectivity index (χ0) is 19.8. The van der Waals surface area contributed by atoms with Crippen LogP contribution < -0.4 is 18.9 Å². The van der Waals surface area contributed by atoms with Crippen LogP contribution >= 0.6 is 0 Å². The lowest BCUT2D eigenvalue weighted by Gasteiger charge is -2.14. The third kappa shape index (κ3) is 5.18. The molecule has 0 aliphatic heterocycles. The summed E-state index contributed by atoms with van der Waals surface area (Å²) in [6.45, 7) is 0.733. The quantitative estimate of drug-likeness (QED) is 0.598. The van der Waals surface area contributed by atoms with Crippen LogP contribution in [0.4, 0.5) is 0 Å². The van der Waals surface area contributed by atoms with E-state index in [0.29, 0.717) is 24.7 Å². The summed E-state index contributed by atoms with van der Waals surface area (Å²) in [4.78, 5) is 0. The Bertz CT molecular complexity index is 872. The van der Waals surface area contributed by atoms with Crippen LogP contribution in [0.3, 0.4) is 0 Å². The summed E-state index contributed by atoms with van der Waals surface area (Å²) in [6, 6.07) is 20.8. The van der Waals surface area contributed by atoms with Crippen molar-refractivity contribution in [1.82, 2.24) is 0 Å². The Balaban J connectivity index is 1.69. The van der Waals surface area contributed by atoms with Crippen molar-refractivity contribution in [3.8, 4) is 23.0 Å². The van der Waals surface area contributed by atoms with E-state index >= 15 is 0 Å². The van der Waals surface area contributed by atoms with E-state index in [0.717, 1.165) is 28.2 Å². The van der Waals surface area contributed by atoms with Gasteiger partial charge in [0.05, 0.1) is 20.8 Å². The van der Waals surface area contributed by atoms with Gasteiger partial charge in [0, 0.05) is 0 Å². The zero-order valence-electron chi connectivity index (χ0n) is 16.1. The first-order chi connectivity index (χ1) is 13.7. The Morgan fingerprint density at radius 1 is 0.607 bits per heavy atom. The number of rotatable bonds is 9. The summed E-state index contributed by atoms with van der Waals surface area (Å²) in [5, 5.41) is 9.43. The van der Waals surface area contributed by atoms with E-state index in [1.54, 1.807) is 20.3 Å². The Labute approximate surface area is 165 Å². The number of methoxy groups -OCH3 is 2. The molecule has 28 heavy (non-hydrogen) atoms. The van der Waals surface area contributed by atoms with Crippen molar-refractivity contribution in [2.24, 2.45) is 0 Å². The topological polar surface area (TPSA) is 57.2 Å². The Kier molecular flexibility index (Phi) is 6.76. The largest absolute Gasteiger partial charge is 0.497 e. The van der Waals surface area contributed by atoms with E-state index in [1.807, 2.05) is 60.7 Å². The van der Waals surface area contributed by atoms with Gasteiger partial charge >= 0.3 is 0 Å². The molecule has 0 aliphatic carbocycles. The summed E-state index contributed by atoms with van der Waals surface area (Å²) in [5.41, 5.74) is 2.80. The molecule has 3 aromatic rings. The molecular weight excluding hydrogens is 356 g/mol. The maximum Gasteiger partial charge on any atom is 0.162 e. The molecule has 0 unspecified atom stereocenters. The lowest BCUT2D eigenvalue weighted by molar-refractivity contribution is 0.252. The maximum atomic E-state index is 9.43. The first-order valence-electron chi connectivity index (χ1n) is 8.97. The van der Waals surface area contributed by atoms with E-state index in [1.165, 1.54) is 0 Å². The summed E-state index contributed by atoms with van der Waals surface area (Å²) >= 11 is 0. The van der Waals surface area contributed by atoms with Crippen LogP contribution in [0.15, 0.2) is 66.7 Å². The molecule has 0 aromatic heterocycles. The number of ether oxygens (including phenoxy) is 4. The normalized spacial score (nSPS) is 10.4. The standard InChI is InChI=1S/C23H24O5/c1-25-20-8-3-17(4-9-20)15-27-22-12-7-19(14-24)13-23(22)28-16-18-5-10-21(26-2)11-6-18/h3-13,24H,14-16H2,1-2H3. The smallest absolute Gasteiger partial charge is 0.162 e. The fourth-order valence-electron chi connectivity index (χ4n) is 2.65. The van der Waals surface area contributed by atoms with Crippen LogP contribution in [0.1, 0.15) is 16.7 Å². The molecule has 0 saturated carbocycles. The van der Waals surface area contributed by atoms with Gasteiger partial charge in [-0.3, -0.25) is 0 Å². The molecule has 5 nitrogen and oxygen atoms in total. The molecule has 0 bridgehead atoms. The average Bonchev–Trinajstić information content (AvgIpc) is 2.77. The van der Waals surface area contributed by atoms with Crippen LogP contribution in [0.5, 0.6) is 23.0 Å². The minimum atomic E-state index is -0.0579. The number of aliphatic hydroxyl groups excluding tert-OH is 1. The zero-order valence-corrected chi connectivity index (χ0v) is 16.1. The van der Waals surface area contributed by atoms with Crippen molar-refractivity contribution < 1.29 is 24.1 Å². The maximum absolute atomic E-state index is 9.43. The Morgan fingerprint density at radius 3 is 1.54 bits per heavy atom. The van der Waals surface area contributed by atoms with Crippen molar-refractivity contribution >= 4 is 0 Å². The van der Waals surface area contributed by atoms with Gasteiger partial charge < -0.3 is 24.1 Å². The SMILES string of the molecule is COc1ccc(COc2ccc(CO)cc2OCc2ccc(OC)cc2)cc1. The predicted octanol–water partition coefficient (Wildman–Crippen LogP) is 4.35. The van der Waals surface area contributed by atoms with Crippen molar-refractivity contribution in [2.45, 2.75) is 19.8 Å². The first-order valence-corrected chi connectivity index (χ1v) is 8.97. The minimum Gasteiger partial charge on any atom is -0.497 e. The first kappa shape index (κ1) is 19.6. The van der Waals surface area contributed by atoms with Crippen molar-refractivity contribution in [2.75, 3.05) is 14.2 Å². The van der Waals surface area contributed by atoms with Gasteiger partial charge in [0.1, 0.15) is 24.7 Å². The van der Waals surface area contributed by atoms with Crippen LogP contribution in [-0.4, -0.2) is 19.3 Å². The highest BCUT2D eigenvalue weighted by Crippen LogP contribution is 2.30. The van der Waals surface area contributed by atoms with E-state index in [2.05, 4.69) is 0 Å². The van der Waals surface area contributed by atoms with Gasteiger partial charge in [-0.25, -0.2) is 0 Å². The molecule has 3 rings (SSSR count). The van der Waals surface area contributed by atoms with Gasteiger partial charge in [-0.05, 0) is 53.1 Å². The second kappa shape index (κ2) is 9.67. The molecule has 0 amide bonds.